The van der Waals surface area contributed by atoms with Gasteiger partial charge in [-0.25, -0.2) is 0 Å². The fourth-order valence-corrected chi connectivity index (χ4v) is 8.69. The van der Waals surface area contributed by atoms with Crippen LogP contribution in [0.15, 0.2) is 24.3 Å². The number of ether oxygens (including phenoxy) is 1. The van der Waals surface area contributed by atoms with Crippen LogP contribution in [0, 0.1) is 0 Å². The lowest BCUT2D eigenvalue weighted by molar-refractivity contribution is -0.143. The Morgan fingerprint density at radius 2 is 0.778 bits per heavy atom. The van der Waals surface area contributed by atoms with Gasteiger partial charge in [0.25, 0.3) is 0 Å². The average molecular weight is 889 g/mol. The summed E-state index contributed by atoms with van der Waals surface area (Å²) in [4.78, 5) is 24.5. The van der Waals surface area contributed by atoms with E-state index in [0.717, 1.165) is 70.6 Å². The molecule has 0 aromatic heterocycles. The van der Waals surface area contributed by atoms with E-state index < -0.39 is 12.1 Å². The topological polar surface area (TPSA) is 95.9 Å². The summed E-state index contributed by atoms with van der Waals surface area (Å²) in [5.41, 5.74) is 0. The molecule has 0 bridgehead atoms. The number of esters is 1. The Balaban J connectivity index is 3.44. The molecule has 6 nitrogen and oxygen atoms in total. The molecular formula is C57H109NO5. The smallest absolute Gasteiger partial charge is 0.305 e. The monoisotopic (exact) mass is 888 g/mol. The number of hydrogen-bond donors (Lipinski definition) is 3. The zero-order valence-electron chi connectivity index (χ0n) is 42.3. The van der Waals surface area contributed by atoms with Gasteiger partial charge in [0.2, 0.25) is 5.91 Å². The van der Waals surface area contributed by atoms with Crippen LogP contribution in [0.5, 0.6) is 0 Å². The zero-order chi connectivity index (χ0) is 45.8. The molecule has 3 N–H and O–H groups in total. The largest absolute Gasteiger partial charge is 0.466 e. The number of unbranched alkanes of at least 4 members (excludes halogenated alkanes) is 38. The second-order valence-corrected chi connectivity index (χ2v) is 19.3. The maximum absolute atomic E-state index is 12.4. The van der Waals surface area contributed by atoms with Crippen LogP contribution in [0.4, 0.5) is 0 Å². The summed E-state index contributed by atoms with van der Waals surface area (Å²) in [6, 6.07) is -0.547. The first-order chi connectivity index (χ1) is 31.0. The maximum atomic E-state index is 12.4. The first-order valence-electron chi connectivity index (χ1n) is 28.1. The van der Waals surface area contributed by atoms with Gasteiger partial charge in [0, 0.05) is 12.8 Å². The normalized spacial score (nSPS) is 12.8. The van der Waals surface area contributed by atoms with Gasteiger partial charge in [-0.2, -0.15) is 0 Å². The summed E-state index contributed by atoms with van der Waals surface area (Å²) in [6.07, 6.45) is 63.2. The molecule has 0 saturated carbocycles. The molecule has 63 heavy (non-hydrogen) atoms. The van der Waals surface area contributed by atoms with E-state index in [-0.39, 0.29) is 18.5 Å². The van der Waals surface area contributed by atoms with Crippen LogP contribution in [0.25, 0.3) is 0 Å². The van der Waals surface area contributed by atoms with Crippen molar-refractivity contribution in [2.75, 3.05) is 13.2 Å². The van der Waals surface area contributed by atoms with Gasteiger partial charge < -0.3 is 20.3 Å². The second-order valence-electron chi connectivity index (χ2n) is 19.3. The molecule has 2 atom stereocenters. The van der Waals surface area contributed by atoms with E-state index in [0.29, 0.717) is 25.9 Å². The standard InChI is InChI=1S/C57H109NO5/c1-3-5-7-9-11-13-15-16-17-21-25-28-31-35-39-43-47-51-57(62)63-52-48-44-40-36-32-29-26-23-20-18-19-22-24-27-30-34-38-42-46-50-56(61)58-54(53-59)55(60)49-45-41-37-33-14-12-10-8-6-4-2/h23,26,29,32,54-55,59-60H,3-22,24-25,27-28,30-31,33-53H2,1-2H3,(H,58,61)/b26-23-,32-29-. The highest BCUT2D eigenvalue weighted by Gasteiger charge is 2.20. The lowest BCUT2D eigenvalue weighted by Crippen LogP contribution is -2.45. The van der Waals surface area contributed by atoms with Crippen molar-refractivity contribution in [3.8, 4) is 0 Å². The molecule has 0 aliphatic heterocycles. The lowest BCUT2D eigenvalue weighted by Gasteiger charge is -2.22. The molecule has 0 saturated heterocycles. The third-order valence-electron chi connectivity index (χ3n) is 13.0. The van der Waals surface area contributed by atoms with Gasteiger partial charge in [0.1, 0.15) is 0 Å². The minimum atomic E-state index is -0.669. The number of allylic oxidation sites excluding steroid dienone is 4. The zero-order valence-corrected chi connectivity index (χ0v) is 42.3. The minimum Gasteiger partial charge on any atom is -0.466 e. The van der Waals surface area contributed by atoms with E-state index in [1.165, 1.54) is 199 Å². The lowest BCUT2D eigenvalue weighted by atomic mass is 10.0. The molecule has 0 rings (SSSR count). The van der Waals surface area contributed by atoms with Crippen LogP contribution >= 0.6 is 0 Å². The van der Waals surface area contributed by atoms with Crippen molar-refractivity contribution in [1.29, 1.82) is 0 Å². The molecule has 6 heteroatoms. The molecule has 0 heterocycles. The molecule has 1 amide bonds. The summed E-state index contributed by atoms with van der Waals surface area (Å²) in [6.45, 7) is 4.91. The van der Waals surface area contributed by atoms with E-state index in [1.54, 1.807) is 0 Å². The maximum Gasteiger partial charge on any atom is 0.305 e. The fraction of sp³-hybridized carbons (Fsp3) is 0.895. The van der Waals surface area contributed by atoms with Gasteiger partial charge in [-0.05, 0) is 57.8 Å². The summed E-state index contributed by atoms with van der Waals surface area (Å²) < 4.78 is 5.46. The number of carbonyl (C=O) groups is 2. The minimum absolute atomic E-state index is 0.00951. The van der Waals surface area contributed by atoms with Crippen molar-refractivity contribution in [2.45, 2.75) is 315 Å². The van der Waals surface area contributed by atoms with Gasteiger partial charge in [0.15, 0.2) is 0 Å². The number of rotatable bonds is 52. The summed E-state index contributed by atoms with van der Waals surface area (Å²) in [5.74, 6) is -0.0557. The Morgan fingerprint density at radius 1 is 0.444 bits per heavy atom. The number of aliphatic hydroxyl groups is 2. The number of nitrogens with one attached hydrogen (secondary N) is 1. The summed E-state index contributed by atoms with van der Waals surface area (Å²) in [5, 5.41) is 23.1. The molecule has 0 aliphatic carbocycles. The van der Waals surface area contributed by atoms with E-state index in [4.69, 9.17) is 4.74 Å². The van der Waals surface area contributed by atoms with Crippen LogP contribution in [0.1, 0.15) is 303 Å². The van der Waals surface area contributed by atoms with Crippen molar-refractivity contribution < 1.29 is 24.5 Å². The Kier molecular flexibility index (Phi) is 51.6. The van der Waals surface area contributed by atoms with Crippen molar-refractivity contribution >= 4 is 11.9 Å². The Bertz CT molecular complexity index is 982. The summed E-state index contributed by atoms with van der Waals surface area (Å²) >= 11 is 0. The van der Waals surface area contributed by atoms with Crippen LogP contribution in [0.3, 0.4) is 0 Å². The molecule has 0 spiro atoms. The van der Waals surface area contributed by atoms with Crippen LogP contribution in [-0.2, 0) is 14.3 Å². The van der Waals surface area contributed by atoms with Crippen LogP contribution in [0.2, 0.25) is 0 Å². The van der Waals surface area contributed by atoms with Crippen molar-refractivity contribution in [3.05, 3.63) is 24.3 Å². The van der Waals surface area contributed by atoms with Crippen molar-refractivity contribution in [1.82, 2.24) is 5.32 Å². The molecule has 2 unspecified atom stereocenters. The third-order valence-corrected chi connectivity index (χ3v) is 13.0. The third kappa shape index (κ3) is 49.6. The first kappa shape index (κ1) is 61.3. The Labute approximate surface area is 392 Å². The molecule has 0 radical (unpaired) electrons. The van der Waals surface area contributed by atoms with Gasteiger partial charge in [-0.15, -0.1) is 0 Å². The fourth-order valence-electron chi connectivity index (χ4n) is 8.69. The highest BCUT2D eigenvalue weighted by molar-refractivity contribution is 5.76. The first-order valence-corrected chi connectivity index (χ1v) is 28.1. The van der Waals surface area contributed by atoms with Crippen molar-refractivity contribution in [2.24, 2.45) is 0 Å². The SMILES string of the molecule is CCCCCCCCCCCCCCCCCCCC(=O)OCCCCC/C=C\C=C/CCCCCCCCCCCCC(=O)NC(CO)C(O)CCCCCCCCCCCC. The molecule has 372 valence electrons. The number of amides is 1. The molecular weight excluding hydrogens is 779 g/mol. The quantitative estimate of drug-likeness (QED) is 0.0321. The number of aliphatic hydroxyl groups excluding tert-OH is 2. The van der Waals surface area contributed by atoms with Crippen LogP contribution < -0.4 is 5.32 Å². The predicted molar refractivity (Wildman–Crippen MR) is 273 cm³/mol. The highest BCUT2D eigenvalue weighted by atomic mass is 16.5. The Hall–Kier alpha value is -1.66. The molecule has 0 aliphatic rings. The van der Waals surface area contributed by atoms with Gasteiger partial charge in [-0.1, -0.05) is 256 Å². The van der Waals surface area contributed by atoms with E-state index >= 15 is 0 Å². The van der Waals surface area contributed by atoms with Gasteiger partial charge in [0.05, 0.1) is 25.4 Å². The number of carbonyl (C=O) groups excluding carboxylic acids is 2. The van der Waals surface area contributed by atoms with Crippen molar-refractivity contribution in [3.63, 3.8) is 0 Å². The average Bonchev–Trinajstić information content (AvgIpc) is 3.28. The van der Waals surface area contributed by atoms with E-state index in [1.807, 2.05) is 0 Å². The van der Waals surface area contributed by atoms with Gasteiger partial charge >= 0.3 is 5.97 Å². The predicted octanol–water partition coefficient (Wildman–Crippen LogP) is 17.1. The van der Waals surface area contributed by atoms with E-state index in [2.05, 4.69) is 43.5 Å². The number of hydrogen-bond acceptors (Lipinski definition) is 5. The highest BCUT2D eigenvalue weighted by Crippen LogP contribution is 2.17. The second kappa shape index (κ2) is 53.0. The van der Waals surface area contributed by atoms with Gasteiger partial charge in [-0.3, -0.25) is 9.59 Å². The van der Waals surface area contributed by atoms with Crippen LogP contribution in [-0.4, -0.2) is 47.4 Å². The summed E-state index contributed by atoms with van der Waals surface area (Å²) in [7, 11) is 0. The molecule has 0 aromatic rings. The molecule has 0 fully saturated rings. The van der Waals surface area contributed by atoms with E-state index in [9.17, 15) is 19.8 Å². The Morgan fingerprint density at radius 3 is 1.17 bits per heavy atom. The molecule has 0 aromatic carbocycles.